The van der Waals surface area contributed by atoms with Gasteiger partial charge in [-0.05, 0) is 73.5 Å². The van der Waals surface area contributed by atoms with Crippen LogP contribution in [-0.2, 0) is 9.59 Å². The Kier molecular flexibility index (Phi) is 9.26. The van der Waals surface area contributed by atoms with Crippen molar-refractivity contribution in [2.45, 2.75) is 24.0 Å². The van der Waals surface area contributed by atoms with Gasteiger partial charge in [0.15, 0.2) is 0 Å². The van der Waals surface area contributed by atoms with Crippen LogP contribution in [0.1, 0.15) is 28.4 Å². The predicted molar refractivity (Wildman–Crippen MR) is 156 cm³/mol. The molecule has 0 aliphatic rings. The monoisotopic (exact) mass is 536 g/mol. The molecule has 4 rings (SSSR count). The van der Waals surface area contributed by atoms with Gasteiger partial charge >= 0.3 is 0 Å². The number of pyridine rings is 1. The molecule has 1 aromatic heterocycles. The quantitative estimate of drug-likeness (QED) is 0.182. The first-order valence-electron chi connectivity index (χ1n) is 12.3. The van der Waals surface area contributed by atoms with E-state index in [2.05, 4.69) is 20.9 Å². The molecule has 1 heterocycles. The number of hydrogen-bond acceptors (Lipinski definition) is 5. The summed E-state index contributed by atoms with van der Waals surface area (Å²) in [6, 6.07) is 27.0. The average molecular weight is 537 g/mol. The number of hydrogen-bond donors (Lipinski definition) is 3. The van der Waals surface area contributed by atoms with Gasteiger partial charge in [0.25, 0.3) is 11.8 Å². The number of aromatic nitrogens is 1. The van der Waals surface area contributed by atoms with E-state index in [0.29, 0.717) is 16.9 Å². The van der Waals surface area contributed by atoms with Crippen LogP contribution in [0.3, 0.4) is 0 Å². The third-order valence-corrected chi connectivity index (χ3v) is 6.83. The number of benzene rings is 3. The molecular formula is C31H28N4O3S. The summed E-state index contributed by atoms with van der Waals surface area (Å²) in [5.41, 5.74) is 3.55. The van der Waals surface area contributed by atoms with E-state index in [-0.39, 0.29) is 22.8 Å². The maximum Gasteiger partial charge on any atom is 0.272 e. The Hall–Kier alpha value is -4.69. The van der Waals surface area contributed by atoms with E-state index in [0.717, 1.165) is 16.0 Å². The first kappa shape index (κ1) is 27.3. The minimum absolute atomic E-state index is 0.112. The SMILES string of the molecule is Cc1ccccc1/C=C(\NC(=O)c1ccccc1)C(=O)Nc1cccc(SC(C)C(=O)Nc2ccncc2)c1. The zero-order chi connectivity index (χ0) is 27.6. The van der Waals surface area contributed by atoms with Crippen LogP contribution in [-0.4, -0.2) is 28.0 Å². The van der Waals surface area contributed by atoms with Crippen LogP contribution in [0.15, 0.2) is 114 Å². The molecule has 0 saturated heterocycles. The van der Waals surface area contributed by atoms with Gasteiger partial charge < -0.3 is 16.0 Å². The number of amides is 3. The number of nitrogens with one attached hydrogen (secondary N) is 3. The third-order valence-electron chi connectivity index (χ3n) is 5.74. The van der Waals surface area contributed by atoms with Crippen LogP contribution >= 0.6 is 11.8 Å². The van der Waals surface area contributed by atoms with Crippen LogP contribution in [0.5, 0.6) is 0 Å². The second-order valence-corrected chi connectivity index (χ2v) is 10.1. The lowest BCUT2D eigenvalue weighted by Gasteiger charge is -2.14. The fraction of sp³-hybridized carbons (Fsp3) is 0.0968. The highest BCUT2D eigenvalue weighted by molar-refractivity contribution is 8.00. The van der Waals surface area contributed by atoms with Gasteiger partial charge in [-0.25, -0.2) is 0 Å². The van der Waals surface area contributed by atoms with Crippen molar-refractivity contribution < 1.29 is 14.4 Å². The zero-order valence-electron chi connectivity index (χ0n) is 21.5. The third kappa shape index (κ3) is 7.90. The van der Waals surface area contributed by atoms with E-state index in [1.54, 1.807) is 73.1 Å². The molecule has 0 aliphatic heterocycles. The van der Waals surface area contributed by atoms with Gasteiger partial charge in [-0.2, -0.15) is 0 Å². The van der Waals surface area contributed by atoms with Gasteiger partial charge in [0.2, 0.25) is 5.91 Å². The topological polar surface area (TPSA) is 100 Å². The average Bonchev–Trinajstić information content (AvgIpc) is 2.95. The molecular weight excluding hydrogens is 508 g/mol. The molecule has 7 nitrogen and oxygen atoms in total. The minimum Gasteiger partial charge on any atom is -0.325 e. The Morgan fingerprint density at radius 1 is 0.821 bits per heavy atom. The van der Waals surface area contributed by atoms with Gasteiger partial charge in [-0.3, -0.25) is 19.4 Å². The lowest BCUT2D eigenvalue weighted by Crippen LogP contribution is -2.30. The van der Waals surface area contributed by atoms with Gasteiger partial charge in [0, 0.05) is 34.2 Å². The van der Waals surface area contributed by atoms with Gasteiger partial charge in [-0.15, -0.1) is 11.8 Å². The Labute approximate surface area is 231 Å². The molecule has 39 heavy (non-hydrogen) atoms. The van der Waals surface area contributed by atoms with Crippen LogP contribution < -0.4 is 16.0 Å². The van der Waals surface area contributed by atoms with Crippen molar-refractivity contribution in [1.29, 1.82) is 0 Å². The van der Waals surface area contributed by atoms with Crippen molar-refractivity contribution in [2.75, 3.05) is 10.6 Å². The molecule has 3 amide bonds. The summed E-state index contributed by atoms with van der Waals surface area (Å²) in [5, 5.41) is 8.12. The molecule has 0 bridgehead atoms. The Bertz CT molecular complexity index is 1490. The second kappa shape index (κ2) is 13.2. The minimum atomic E-state index is -0.465. The normalized spacial score (nSPS) is 11.8. The van der Waals surface area contributed by atoms with Gasteiger partial charge in [-0.1, -0.05) is 48.5 Å². The van der Waals surface area contributed by atoms with Crippen molar-refractivity contribution in [3.63, 3.8) is 0 Å². The largest absolute Gasteiger partial charge is 0.325 e. The molecule has 4 aromatic rings. The molecule has 8 heteroatoms. The van der Waals surface area contributed by atoms with Crippen LogP contribution in [0.25, 0.3) is 6.08 Å². The molecule has 0 saturated carbocycles. The van der Waals surface area contributed by atoms with Crippen molar-refractivity contribution in [1.82, 2.24) is 10.3 Å². The van der Waals surface area contributed by atoms with Crippen molar-refractivity contribution in [3.8, 4) is 0 Å². The first-order valence-corrected chi connectivity index (χ1v) is 13.2. The smallest absolute Gasteiger partial charge is 0.272 e. The highest BCUT2D eigenvalue weighted by atomic mass is 32.2. The van der Waals surface area contributed by atoms with E-state index in [1.165, 1.54) is 11.8 Å². The second-order valence-electron chi connectivity index (χ2n) is 8.70. The Morgan fingerprint density at radius 3 is 2.28 bits per heavy atom. The summed E-state index contributed by atoms with van der Waals surface area (Å²) < 4.78 is 0. The fourth-order valence-electron chi connectivity index (χ4n) is 3.63. The molecule has 1 unspecified atom stereocenters. The van der Waals surface area contributed by atoms with Crippen molar-refractivity contribution in [2.24, 2.45) is 0 Å². The predicted octanol–water partition coefficient (Wildman–Crippen LogP) is 5.92. The van der Waals surface area contributed by atoms with E-state index >= 15 is 0 Å². The number of aryl methyl sites for hydroxylation is 1. The summed E-state index contributed by atoms with van der Waals surface area (Å²) >= 11 is 1.37. The van der Waals surface area contributed by atoms with Crippen LogP contribution in [0, 0.1) is 6.92 Å². The van der Waals surface area contributed by atoms with E-state index < -0.39 is 5.91 Å². The number of rotatable bonds is 9. The summed E-state index contributed by atoms with van der Waals surface area (Å²) in [6.45, 7) is 3.75. The summed E-state index contributed by atoms with van der Waals surface area (Å²) in [7, 11) is 0. The van der Waals surface area contributed by atoms with Crippen molar-refractivity contribution >= 4 is 46.9 Å². The summed E-state index contributed by atoms with van der Waals surface area (Å²) in [6.07, 6.45) is 4.89. The molecule has 0 radical (unpaired) electrons. The van der Waals surface area contributed by atoms with Crippen LogP contribution in [0.2, 0.25) is 0 Å². The Balaban J connectivity index is 1.49. The summed E-state index contributed by atoms with van der Waals surface area (Å²) in [4.78, 5) is 43.6. The number of carbonyl (C=O) groups is 3. The molecule has 196 valence electrons. The lowest BCUT2D eigenvalue weighted by molar-refractivity contribution is -0.115. The number of carbonyl (C=O) groups excluding carboxylic acids is 3. The molecule has 0 aliphatic carbocycles. The standard InChI is InChI=1S/C31H28N4O3S/c1-21-9-6-7-12-24(21)19-28(35-30(37)23-10-4-3-5-11-23)31(38)34-26-13-8-14-27(20-26)39-22(2)29(36)33-25-15-17-32-18-16-25/h3-20,22H,1-2H3,(H,34,38)(H,35,37)(H,32,33,36)/b28-19-. The van der Waals surface area contributed by atoms with Gasteiger partial charge in [0.05, 0.1) is 5.25 Å². The highest BCUT2D eigenvalue weighted by Gasteiger charge is 2.17. The van der Waals surface area contributed by atoms with E-state index in [4.69, 9.17) is 0 Å². The van der Waals surface area contributed by atoms with E-state index in [9.17, 15) is 14.4 Å². The highest BCUT2D eigenvalue weighted by Crippen LogP contribution is 2.27. The molecule has 0 spiro atoms. The van der Waals surface area contributed by atoms with Gasteiger partial charge in [0.1, 0.15) is 5.70 Å². The number of anilines is 2. The molecule has 0 fully saturated rings. The first-order chi connectivity index (χ1) is 18.9. The van der Waals surface area contributed by atoms with E-state index in [1.807, 2.05) is 50.2 Å². The molecule has 3 aromatic carbocycles. The molecule has 1 atom stereocenters. The maximum atomic E-state index is 13.4. The zero-order valence-corrected chi connectivity index (χ0v) is 22.4. The fourth-order valence-corrected chi connectivity index (χ4v) is 4.56. The number of nitrogens with zero attached hydrogens (tertiary/aromatic N) is 1. The number of thioether (sulfide) groups is 1. The lowest BCUT2D eigenvalue weighted by atomic mass is 10.1. The Morgan fingerprint density at radius 2 is 1.54 bits per heavy atom. The van der Waals surface area contributed by atoms with Crippen molar-refractivity contribution in [3.05, 3.63) is 126 Å². The maximum absolute atomic E-state index is 13.4. The summed E-state index contributed by atoms with van der Waals surface area (Å²) in [5.74, 6) is -0.996. The van der Waals surface area contributed by atoms with Crippen LogP contribution in [0.4, 0.5) is 11.4 Å². The molecule has 3 N–H and O–H groups in total.